The quantitative estimate of drug-likeness (QED) is 0.855. The SMILES string of the molecule is O=C(O)c1cccnc1CNCC1CCCCS1. The second-order valence-corrected chi connectivity index (χ2v) is 5.83. The molecule has 0 spiro atoms. The van der Waals surface area contributed by atoms with Crippen molar-refractivity contribution in [3.8, 4) is 0 Å². The van der Waals surface area contributed by atoms with Crippen LogP contribution in [-0.2, 0) is 6.54 Å². The van der Waals surface area contributed by atoms with Crippen molar-refractivity contribution in [1.29, 1.82) is 0 Å². The third-order valence-corrected chi connectivity index (χ3v) is 4.46. The van der Waals surface area contributed by atoms with Gasteiger partial charge in [0.25, 0.3) is 0 Å². The Morgan fingerprint density at radius 2 is 2.44 bits per heavy atom. The molecule has 0 saturated carbocycles. The number of carboxylic acid groups (broad SMARTS) is 1. The number of aromatic carboxylic acids is 1. The van der Waals surface area contributed by atoms with Crippen LogP contribution in [0.25, 0.3) is 0 Å². The monoisotopic (exact) mass is 266 g/mol. The largest absolute Gasteiger partial charge is 0.478 e. The first kappa shape index (κ1) is 13.4. The third-order valence-electron chi connectivity index (χ3n) is 3.06. The van der Waals surface area contributed by atoms with Crippen LogP contribution in [0.15, 0.2) is 18.3 Å². The first-order valence-electron chi connectivity index (χ1n) is 6.27. The molecule has 1 atom stereocenters. The number of hydrogen-bond donors (Lipinski definition) is 2. The third kappa shape index (κ3) is 3.71. The predicted molar refractivity (Wildman–Crippen MR) is 73.0 cm³/mol. The summed E-state index contributed by atoms with van der Waals surface area (Å²) >= 11 is 2.01. The van der Waals surface area contributed by atoms with Gasteiger partial charge in [-0.25, -0.2) is 4.79 Å². The van der Waals surface area contributed by atoms with Crippen LogP contribution in [0.1, 0.15) is 35.3 Å². The van der Waals surface area contributed by atoms with E-state index in [1.165, 1.54) is 25.0 Å². The molecule has 1 aromatic heterocycles. The average Bonchev–Trinajstić information content (AvgIpc) is 2.40. The van der Waals surface area contributed by atoms with Crippen molar-refractivity contribution in [3.63, 3.8) is 0 Å². The summed E-state index contributed by atoms with van der Waals surface area (Å²) in [5.41, 5.74) is 0.909. The van der Waals surface area contributed by atoms with E-state index in [0.717, 1.165) is 6.54 Å². The van der Waals surface area contributed by atoms with Crippen molar-refractivity contribution in [1.82, 2.24) is 10.3 Å². The minimum Gasteiger partial charge on any atom is -0.478 e. The van der Waals surface area contributed by atoms with E-state index in [2.05, 4.69) is 10.3 Å². The Morgan fingerprint density at radius 1 is 1.56 bits per heavy atom. The second kappa shape index (κ2) is 6.75. The molecule has 0 bridgehead atoms. The van der Waals surface area contributed by atoms with Gasteiger partial charge >= 0.3 is 5.97 Å². The van der Waals surface area contributed by atoms with Crippen molar-refractivity contribution in [2.75, 3.05) is 12.3 Å². The molecule has 2 N–H and O–H groups in total. The van der Waals surface area contributed by atoms with Crippen molar-refractivity contribution in [3.05, 3.63) is 29.6 Å². The molecule has 0 amide bonds. The predicted octanol–water partition coefficient (Wildman–Crippen LogP) is 2.16. The van der Waals surface area contributed by atoms with E-state index < -0.39 is 5.97 Å². The van der Waals surface area contributed by atoms with E-state index in [1.807, 2.05) is 11.8 Å². The summed E-state index contributed by atoms with van der Waals surface area (Å²) in [6.07, 6.45) is 5.53. The highest BCUT2D eigenvalue weighted by molar-refractivity contribution is 7.99. The molecule has 2 heterocycles. The first-order valence-corrected chi connectivity index (χ1v) is 7.32. The highest BCUT2D eigenvalue weighted by Gasteiger charge is 2.14. The number of nitrogens with zero attached hydrogens (tertiary/aromatic N) is 1. The summed E-state index contributed by atoms with van der Waals surface area (Å²) in [4.78, 5) is 15.1. The Bertz CT molecular complexity index is 406. The molecule has 2 rings (SSSR count). The topological polar surface area (TPSA) is 62.2 Å². The van der Waals surface area contributed by atoms with E-state index in [4.69, 9.17) is 5.11 Å². The number of thioether (sulfide) groups is 1. The van der Waals surface area contributed by atoms with Crippen LogP contribution < -0.4 is 5.32 Å². The maximum atomic E-state index is 11.0. The number of pyridine rings is 1. The maximum absolute atomic E-state index is 11.0. The Kier molecular flexibility index (Phi) is 5.01. The molecule has 4 nitrogen and oxygen atoms in total. The van der Waals surface area contributed by atoms with Crippen LogP contribution in [0.2, 0.25) is 0 Å². The Balaban J connectivity index is 1.84. The molecule has 98 valence electrons. The average molecular weight is 266 g/mol. The van der Waals surface area contributed by atoms with Crippen molar-refractivity contribution >= 4 is 17.7 Å². The van der Waals surface area contributed by atoms with Gasteiger partial charge in [0.1, 0.15) is 0 Å². The number of nitrogens with one attached hydrogen (secondary N) is 1. The molecule has 1 aromatic rings. The lowest BCUT2D eigenvalue weighted by Gasteiger charge is -2.21. The molecule has 0 aliphatic carbocycles. The number of aromatic nitrogens is 1. The van der Waals surface area contributed by atoms with Crippen LogP contribution in [0.5, 0.6) is 0 Å². The minimum atomic E-state index is -0.910. The van der Waals surface area contributed by atoms with Crippen LogP contribution in [0, 0.1) is 0 Å². The fourth-order valence-electron chi connectivity index (χ4n) is 2.09. The molecule has 0 aromatic carbocycles. The summed E-state index contributed by atoms with van der Waals surface area (Å²) in [5.74, 6) is 0.336. The highest BCUT2D eigenvalue weighted by Crippen LogP contribution is 2.24. The molecular formula is C13H18N2O2S. The van der Waals surface area contributed by atoms with Gasteiger partial charge < -0.3 is 10.4 Å². The number of hydrogen-bond acceptors (Lipinski definition) is 4. The van der Waals surface area contributed by atoms with Gasteiger partial charge in [-0.2, -0.15) is 11.8 Å². The van der Waals surface area contributed by atoms with Crippen LogP contribution in [-0.4, -0.2) is 33.6 Å². The van der Waals surface area contributed by atoms with Crippen molar-refractivity contribution in [2.45, 2.75) is 31.1 Å². The standard InChI is InChI=1S/C13H18N2O2S/c16-13(17)11-5-3-6-15-12(11)9-14-8-10-4-1-2-7-18-10/h3,5-6,10,14H,1-2,4,7-9H2,(H,16,17). The van der Waals surface area contributed by atoms with Crippen LogP contribution in [0.4, 0.5) is 0 Å². The van der Waals surface area contributed by atoms with Crippen molar-refractivity contribution < 1.29 is 9.90 Å². The molecule has 18 heavy (non-hydrogen) atoms. The van der Waals surface area contributed by atoms with Gasteiger partial charge in [-0.05, 0) is 30.7 Å². The zero-order valence-corrected chi connectivity index (χ0v) is 11.1. The van der Waals surface area contributed by atoms with Gasteiger partial charge in [0.2, 0.25) is 0 Å². The first-order chi connectivity index (χ1) is 8.77. The molecule has 1 aliphatic rings. The fourth-order valence-corrected chi connectivity index (χ4v) is 3.37. The lowest BCUT2D eigenvalue weighted by molar-refractivity contribution is 0.0695. The molecule has 1 unspecified atom stereocenters. The maximum Gasteiger partial charge on any atom is 0.337 e. The molecule has 0 radical (unpaired) electrons. The number of carbonyl (C=O) groups is 1. The number of rotatable bonds is 5. The van der Waals surface area contributed by atoms with E-state index >= 15 is 0 Å². The van der Waals surface area contributed by atoms with E-state index in [-0.39, 0.29) is 0 Å². The van der Waals surface area contributed by atoms with Gasteiger partial charge in [0.15, 0.2) is 0 Å². The summed E-state index contributed by atoms with van der Waals surface area (Å²) in [6, 6.07) is 3.26. The van der Waals surface area contributed by atoms with Gasteiger partial charge in [0.05, 0.1) is 11.3 Å². The van der Waals surface area contributed by atoms with E-state index in [9.17, 15) is 4.79 Å². The fraction of sp³-hybridized carbons (Fsp3) is 0.538. The smallest absolute Gasteiger partial charge is 0.337 e. The highest BCUT2D eigenvalue weighted by atomic mass is 32.2. The number of carboxylic acids is 1. The molecular weight excluding hydrogens is 248 g/mol. The Hall–Kier alpha value is -1.07. The normalized spacial score (nSPS) is 19.7. The molecule has 5 heteroatoms. The minimum absolute atomic E-state index is 0.293. The Morgan fingerprint density at radius 3 is 3.17 bits per heavy atom. The van der Waals surface area contributed by atoms with E-state index in [1.54, 1.807) is 18.3 Å². The van der Waals surface area contributed by atoms with Gasteiger partial charge in [-0.1, -0.05) is 6.42 Å². The molecule has 1 aliphatic heterocycles. The van der Waals surface area contributed by atoms with Gasteiger partial charge in [-0.15, -0.1) is 0 Å². The second-order valence-electron chi connectivity index (χ2n) is 4.42. The molecule has 1 fully saturated rings. The van der Waals surface area contributed by atoms with Gasteiger partial charge in [-0.3, -0.25) is 4.98 Å². The lowest BCUT2D eigenvalue weighted by Crippen LogP contribution is -2.27. The zero-order valence-electron chi connectivity index (χ0n) is 10.3. The van der Waals surface area contributed by atoms with Gasteiger partial charge in [0, 0.05) is 24.5 Å². The molecule has 1 saturated heterocycles. The van der Waals surface area contributed by atoms with Crippen molar-refractivity contribution in [2.24, 2.45) is 0 Å². The lowest BCUT2D eigenvalue weighted by atomic mass is 10.1. The van der Waals surface area contributed by atoms with Crippen LogP contribution in [0.3, 0.4) is 0 Å². The summed E-state index contributed by atoms with van der Waals surface area (Å²) < 4.78 is 0. The summed E-state index contributed by atoms with van der Waals surface area (Å²) in [5, 5.41) is 13.0. The van der Waals surface area contributed by atoms with E-state index in [0.29, 0.717) is 23.1 Å². The summed E-state index contributed by atoms with van der Waals surface area (Å²) in [7, 11) is 0. The van der Waals surface area contributed by atoms with Crippen LogP contribution >= 0.6 is 11.8 Å². The summed E-state index contributed by atoms with van der Waals surface area (Å²) in [6.45, 7) is 1.46. The zero-order chi connectivity index (χ0) is 12.8. The Labute approximate surface area is 111 Å².